The minimum Gasteiger partial charge on any atom is -0.484 e. The summed E-state index contributed by atoms with van der Waals surface area (Å²) in [4.78, 5) is 4.33. The van der Waals surface area contributed by atoms with Crippen molar-refractivity contribution in [2.75, 3.05) is 6.61 Å². The largest absolute Gasteiger partial charge is 0.484 e. The SMILES string of the molecule is CC[C@H]1COc2c(cc(Cl)c3nc(Br)sc23)O1. The lowest BCUT2D eigenvalue weighted by atomic mass is 10.2. The normalized spacial score (nSPS) is 18.6. The number of benzene rings is 1. The molecule has 1 aliphatic heterocycles. The van der Waals surface area contributed by atoms with E-state index in [1.54, 1.807) is 6.07 Å². The van der Waals surface area contributed by atoms with Crippen LogP contribution in [0.15, 0.2) is 9.98 Å². The molecule has 0 amide bonds. The third kappa shape index (κ3) is 1.90. The van der Waals surface area contributed by atoms with Gasteiger partial charge in [0.05, 0.1) is 5.02 Å². The van der Waals surface area contributed by atoms with Gasteiger partial charge < -0.3 is 9.47 Å². The molecule has 6 heteroatoms. The summed E-state index contributed by atoms with van der Waals surface area (Å²) < 4.78 is 13.3. The summed E-state index contributed by atoms with van der Waals surface area (Å²) in [5.41, 5.74) is 0.765. The number of fused-ring (bicyclic) bond motifs is 3. The highest BCUT2D eigenvalue weighted by molar-refractivity contribution is 9.11. The number of thiazole rings is 1. The van der Waals surface area contributed by atoms with E-state index in [-0.39, 0.29) is 6.10 Å². The second-order valence-corrected chi connectivity index (χ2v) is 6.47. The maximum absolute atomic E-state index is 6.19. The summed E-state index contributed by atoms with van der Waals surface area (Å²) in [6, 6.07) is 1.78. The minimum absolute atomic E-state index is 0.104. The van der Waals surface area contributed by atoms with Crippen LogP contribution in [-0.4, -0.2) is 17.7 Å². The maximum atomic E-state index is 6.19. The van der Waals surface area contributed by atoms with Gasteiger partial charge in [0.1, 0.15) is 22.9 Å². The number of nitrogens with zero attached hydrogens (tertiary/aromatic N) is 1. The first-order valence-corrected chi connectivity index (χ1v) is 7.25. The Morgan fingerprint density at radius 1 is 1.65 bits per heavy atom. The zero-order valence-electron chi connectivity index (χ0n) is 9.00. The molecule has 1 atom stereocenters. The molecule has 1 aromatic heterocycles. The fourth-order valence-corrected chi connectivity index (χ4v) is 3.55. The third-order valence-corrected chi connectivity index (χ3v) is 4.47. The summed E-state index contributed by atoms with van der Waals surface area (Å²) in [7, 11) is 0. The van der Waals surface area contributed by atoms with Crippen LogP contribution in [0.5, 0.6) is 11.5 Å². The fraction of sp³-hybridized carbons (Fsp3) is 0.364. The molecule has 3 rings (SSSR count). The Morgan fingerprint density at radius 2 is 2.47 bits per heavy atom. The number of aromatic nitrogens is 1. The monoisotopic (exact) mass is 333 g/mol. The van der Waals surface area contributed by atoms with Gasteiger partial charge in [-0.15, -0.1) is 11.3 Å². The van der Waals surface area contributed by atoms with Gasteiger partial charge in [0, 0.05) is 6.07 Å². The summed E-state index contributed by atoms with van der Waals surface area (Å²) in [6.45, 7) is 2.65. The van der Waals surface area contributed by atoms with Gasteiger partial charge in [-0.1, -0.05) is 18.5 Å². The van der Waals surface area contributed by atoms with E-state index in [4.69, 9.17) is 21.1 Å². The van der Waals surface area contributed by atoms with Crippen molar-refractivity contribution < 1.29 is 9.47 Å². The first kappa shape index (κ1) is 11.6. The van der Waals surface area contributed by atoms with Crippen molar-refractivity contribution in [2.24, 2.45) is 0 Å². The summed E-state index contributed by atoms with van der Waals surface area (Å²) in [6.07, 6.45) is 1.02. The highest BCUT2D eigenvalue weighted by atomic mass is 79.9. The Kier molecular flexibility index (Phi) is 2.92. The van der Waals surface area contributed by atoms with Gasteiger partial charge in [-0.3, -0.25) is 0 Å². The smallest absolute Gasteiger partial charge is 0.180 e. The predicted octanol–water partition coefficient (Wildman–Crippen LogP) is 4.26. The van der Waals surface area contributed by atoms with Crippen LogP contribution in [0.4, 0.5) is 0 Å². The van der Waals surface area contributed by atoms with Gasteiger partial charge >= 0.3 is 0 Å². The van der Waals surface area contributed by atoms with Crippen molar-refractivity contribution in [3.63, 3.8) is 0 Å². The number of hydrogen-bond acceptors (Lipinski definition) is 4. The molecule has 0 fully saturated rings. The first-order valence-electron chi connectivity index (χ1n) is 5.27. The quantitative estimate of drug-likeness (QED) is 0.781. The third-order valence-electron chi connectivity index (χ3n) is 2.68. The Bertz CT molecular complexity index is 586. The van der Waals surface area contributed by atoms with Gasteiger partial charge in [-0.25, -0.2) is 4.98 Å². The Labute approximate surface area is 116 Å². The zero-order valence-corrected chi connectivity index (χ0v) is 12.2. The summed E-state index contributed by atoms with van der Waals surface area (Å²) >= 11 is 11.1. The molecule has 0 N–H and O–H groups in total. The van der Waals surface area contributed by atoms with Crippen molar-refractivity contribution in [3.05, 3.63) is 15.0 Å². The number of hydrogen-bond donors (Lipinski definition) is 0. The molecule has 17 heavy (non-hydrogen) atoms. The number of ether oxygens (including phenoxy) is 2. The Morgan fingerprint density at radius 3 is 3.24 bits per heavy atom. The lowest BCUT2D eigenvalue weighted by Crippen LogP contribution is -2.28. The molecule has 0 spiro atoms. The van der Waals surface area contributed by atoms with E-state index in [9.17, 15) is 0 Å². The molecule has 1 aliphatic rings. The van der Waals surface area contributed by atoms with Gasteiger partial charge in [0.15, 0.2) is 15.4 Å². The molecule has 2 aromatic rings. The second kappa shape index (κ2) is 4.30. The van der Waals surface area contributed by atoms with Crippen molar-refractivity contribution >= 4 is 49.1 Å². The molecule has 0 saturated heterocycles. The van der Waals surface area contributed by atoms with E-state index >= 15 is 0 Å². The van der Waals surface area contributed by atoms with Crippen LogP contribution in [0, 0.1) is 0 Å². The van der Waals surface area contributed by atoms with Gasteiger partial charge in [0.25, 0.3) is 0 Å². The predicted molar refractivity (Wildman–Crippen MR) is 72.5 cm³/mol. The minimum atomic E-state index is 0.104. The zero-order chi connectivity index (χ0) is 12.0. The summed E-state index contributed by atoms with van der Waals surface area (Å²) in [5, 5.41) is 0.598. The number of rotatable bonds is 1. The van der Waals surface area contributed by atoms with Gasteiger partial charge in [-0.2, -0.15) is 0 Å². The highest BCUT2D eigenvalue weighted by Crippen LogP contribution is 2.45. The van der Waals surface area contributed by atoms with Crippen LogP contribution in [0.25, 0.3) is 10.2 Å². The van der Waals surface area contributed by atoms with Crippen LogP contribution in [-0.2, 0) is 0 Å². The second-order valence-electron chi connectivity index (χ2n) is 3.79. The van der Waals surface area contributed by atoms with Crippen LogP contribution < -0.4 is 9.47 Å². The van der Waals surface area contributed by atoms with E-state index in [2.05, 4.69) is 27.8 Å². The molecule has 0 unspecified atom stereocenters. The van der Waals surface area contributed by atoms with Crippen molar-refractivity contribution in [2.45, 2.75) is 19.4 Å². The first-order chi connectivity index (χ1) is 8.19. The average Bonchev–Trinajstić information content (AvgIpc) is 2.71. The van der Waals surface area contributed by atoms with E-state index in [0.717, 1.165) is 32.1 Å². The van der Waals surface area contributed by atoms with Crippen molar-refractivity contribution in [1.29, 1.82) is 0 Å². The fourth-order valence-electron chi connectivity index (χ4n) is 1.79. The highest BCUT2D eigenvalue weighted by Gasteiger charge is 2.25. The van der Waals surface area contributed by atoms with E-state index < -0.39 is 0 Å². The Hall–Kier alpha value is -0.520. The molecule has 1 aromatic carbocycles. The van der Waals surface area contributed by atoms with Crippen LogP contribution in [0.2, 0.25) is 5.02 Å². The molecule has 0 saturated carbocycles. The van der Waals surface area contributed by atoms with E-state index in [1.165, 1.54) is 11.3 Å². The molecule has 90 valence electrons. The van der Waals surface area contributed by atoms with Crippen molar-refractivity contribution in [3.8, 4) is 11.5 Å². The lowest BCUT2D eigenvalue weighted by Gasteiger charge is -2.26. The van der Waals surface area contributed by atoms with Crippen LogP contribution in [0.1, 0.15) is 13.3 Å². The maximum Gasteiger partial charge on any atom is 0.180 e. The van der Waals surface area contributed by atoms with Crippen molar-refractivity contribution in [1.82, 2.24) is 4.98 Å². The molecule has 0 bridgehead atoms. The van der Waals surface area contributed by atoms with E-state index in [1.807, 2.05) is 0 Å². The van der Waals surface area contributed by atoms with Crippen LogP contribution >= 0.6 is 38.9 Å². The summed E-state index contributed by atoms with van der Waals surface area (Å²) in [5.74, 6) is 1.48. The van der Waals surface area contributed by atoms with Gasteiger partial charge in [0.2, 0.25) is 0 Å². The van der Waals surface area contributed by atoms with Crippen LogP contribution in [0.3, 0.4) is 0 Å². The molecule has 0 aliphatic carbocycles. The topological polar surface area (TPSA) is 31.4 Å². The molecule has 0 radical (unpaired) electrons. The Balaban J connectivity index is 2.20. The molecular formula is C11H9BrClNO2S. The number of halogens is 2. The van der Waals surface area contributed by atoms with Gasteiger partial charge in [-0.05, 0) is 22.4 Å². The molecular weight excluding hydrogens is 326 g/mol. The standard InChI is InChI=1S/C11H9BrClNO2S/c1-2-5-4-15-9-7(16-5)3-6(13)8-10(9)17-11(12)14-8/h3,5H,2,4H2,1H3/t5-/m0/s1. The molecule has 3 nitrogen and oxygen atoms in total. The molecule has 2 heterocycles. The average molecular weight is 335 g/mol. The van der Waals surface area contributed by atoms with E-state index in [0.29, 0.717) is 11.6 Å². The lowest BCUT2D eigenvalue weighted by molar-refractivity contribution is 0.0902.